The van der Waals surface area contributed by atoms with Crippen molar-refractivity contribution in [1.29, 1.82) is 0 Å². The molecule has 0 aliphatic rings. The molecular weight excluding hydrogens is 187 g/mol. The Labute approximate surface area is 80.7 Å². The van der Waals surface area contributed by atoms with Crippen LogP contribution in [-0.2, 0) is 4.79 Å². The highest BCUT2D eigenvalue weighted by Gasteiger charge is 2.08. The lowest BCUT2D eigenvalue weighted by Gasteiger charge is -2.08. The molecule has 0 aromatic carbocycles. The number of carboxylic acids is 1. The molecule has 0 aliphatic carbocycles. The minimum atomic E-state index is -1.57. The number of halogens is 1. The van der Waals surface area contributed by atoms with Gasteiger partial charge in [-0.25, -0.2) is 9.78 Å². The van der Waals surface area contributed by atoms with E-state index in [0.29, 0.717) is 5.69 Å². The van der Waals surface area contributed by atoms with Crippen LogP contribution in [0.1, 0.15) is 25.6 Å². The number of imidazole rings is 1. The summed E-state index contributed by atoms with van der Waals surface area (Å²) in [5.74, 6) is -2.76. The molecule has 1 N–H and O–H groups in total. The molecule has 0 bridgehead atoms. The molecule has 0 unspecified atom stereocenters. The van der Waals surface area contributed by atoms with E-state index in [1.54, 1.807) is 4.57 Å². The van der Waals surface area contributed by atoms with Crippen LogP contribution in [-0.4, -0.2) is 20.6 Å². The van der Waals surface area contributed by atoms with E-state index < -0.39 is 11.8 Å². The maximum atomic E-state index is 12.8. The molecule has 1 heterocycles. The topological polar surface area (TPSA) is 55.1 Å². The van der Waals surface area contributed by atoms with Crippen molar-refractivity contribution in [3.8, 4) is 0 Å². The highest BCUT2D eigenvalue weighted by molar-refractivity contribution is 5.89. The first-order chi connectivity index (χ1) is 6.52. The number of aliphatic carboxylic acids is 1. The molecule has 0 fully saturated rings. The highest BCUT2D eigenvalue weighted by atomic mass is 19.1. The summed E-state index contributed by atoms with van der Waals surface area (Å²) in [5.41, 5.74) is 0.444. The maximum absolute atomic E-state index is 12.8. The highest BCUT2D eigenvalue weighted by Crippen LogP contribution is 2.13. The summed E-state index contributed by atoms with van der Waals surface area (Å²) in [6, 6.07) is 0.116. The second kappa shape index (κ2) is 4.04. The molecule has 1 aromatic heterocycles. The van der Waals surface area contributed by atoms with Crippen molar-refractivity contribution in [3.63, 3.8) is 0 Å². The van der Waals surface area contributed by atoms with Gasteiger partial charge in [0.15, 0.2) is 0 Å². The first-order valence-corrected chi connectivity index (χ1v) is 4.14. The summed E-state index contributed by atoms with van der Waals surface area (Å²) >= 11 is 0. The van der Waals surface area contributed by atoms with Crippen LogP contribution in [0.4, 0.5) is 4.39 Å². The van der Waals surface area contributed by atoms with E-state index in [-0.39, 0.29) is 6.04 Å². The van der Waals surface area contributed by atoms with Crippen molar-refractivity contribution in [2.75, 3.05) is 0 Å². The van der Waals surface area contributed by atoms with Gasteiger partial charge >= 0.3 is 5.97 Å². The second-order valence-corrected chi connectivity index (χ2v) is 3.12. The lowest BCUT2D eigenvalue weighted by molar-refractivity contribution is -0.134. The molecule has 0 aliphatic heterocycles. The largest absolute Gasteiger partial charge is 0.476 e. The lowest BCUT2D eigenvalue weighted by atomic mass is 10.3. The zero-order chi connectivity index (χ0) is 10.7. The second-order valence-electron chi connectivity index (χ2n) is 3.12. The summed E-state index contributed by atoms with van der Waals surface area (Å²) in [6.07, 6.45) is 3.91. The van der Waals surface area contributed by atoms with Crippen molar-refractivity contribution >= 4 is 12.0 Å². The van der Waals surface area contributed by atoms with Crippen LogP contribution in [0, 0.1) is 0 Å². The first kappa shape index (κ1) is 10.4. The van der Waals surface area contributed by atoms with Crippen LogP contribution in [0.3, 0.4) is 0 Å². The fourth-order valence-electron chi connectivity index (χ4n) is 1.05. The average Bonchev–Trinajstić information content (AvgIpc) is 2.52. The smallest absolute Gasteiger partial charge is 0.364 e. The molecule has 76 valence electrons. The summed E-state index contributed by atoms with van der Waals surface area (Å²) in [5, 5.41) is 8.34. The molecule has 0 atom stereocenters. The number of carbonyl (C=O) groups is 1. The van der Waals surface area contributed by atoms with Gasteiger partial charge in [-0.3, -0.25) is 0 Å². The Morgan fingerprint density at radius 2 is 2.36 bits per heavy atom. The van der Waals surface area contributed by atoms with Crippen molar-refractivity contribution in [2.24, 2.45) is 0 Å². The summed E-state index contributed by atoms with van der Waals surface area (Å²) < 4.78 is 14.4. The Hall–Kier alpha value is -1.65. The van der Waals surface area contributed by atoms with Crippen LogP contribution in [0.15, 0.2) is 18.4 Å². The van der Waals surface area contributed by atoms with E-state index in [1.807, 2.05) is 13.8 Å². The molecule has 0 saturated heterocycles. The van der Waals surface area contributed by atoms with Crippen molar-refractivity contribution in [1.82, 2.24) is 9.55 Å². The molecule has 5 heteroatoms. The van der Waals surface area contributed by atoms with Gasteiger partial charge in [-0.2, -0.15) is 4.39 Å². The third-order valence-electron chi connectivity index (χ3n) is 1.73. The molecular formula is C9H11FN2O2. The molecule has 0 amide bonds. The van der Waals surface area contributed by atoms with Gasteiger partial charge in [-0.1, -0.05) is 0 Å². The molecule has 0 saturated carbocycles. The summed E-state index contributed by atoms with van der Waals surface area (Å²) in [4.78, 5) is 14.0. The van der Waals surface area contributed by atoms with E-state index in [0.717, 1.165) is 6.08 Å². The molecule has 4 nitrogen and oxygen atoms in total. The summed E-state index contributed by atoms with van der Waals surface area (Å²) in [7, 11) is 0. The third kappa shape index (κ3) is 2.18. The van der Waals surface area contributed by atoms with E-state index in [1.165, 1.54) is 12.5 Å². The van der Waals surface area contributed by atoms with Crippen LogP contribution < -0.4 is 0 Å². The number of aromatic nitrogens is 2. The Morgan fingerprint density at radius 1 is 1.71 bits per heavy atom. The average molecular weight is 198 g/mol. The zero-order valence-electron chi connectivity index (χ0n) is 7.94. The van der Waals surface area contributed by atoms with Gasteiger partial charge in [0.05, 0.1) is 18.2 Å². The number of nitrogens with zero attached hydrogens (tertiary/aromatic N) is 2. The number of carboxylic acid groups (broad SMARTS) is 1. The zero-order valence-corrected chi connectivity index (χ0v) is 7.94. The van der Waals surface area contributed by atoms with Crippen molar-refractivity contribution < 1.29 is 14.3 Å². The fourth-order valence-corrected chi connectivity index (χ4v) is 1.05. The lowest BCUT2D eigenvalue weighted by Crippen LogP contribution is -2.02. The molecule has 0 spiro atoms. The first-order valence-electron chi connectivity index (χ1n) is 4.14. The van der Waals surface area contributed by atoms with Gasteiger partial charge in [-0.15, -0.1) is 0 Å². The van der Waals surface area contributed by atoms with E-state index in [4.69, 9.17) is 5.11 Å². The van der Waals surface area contributed by atoms with Gasteiger partial charge in [0.2, 0.25) is 5.83 Å². The quantitative estimate of drug-likeness (QED) is 0.754. The predicted octanol–water partition coefficient (Wildman–Crippen LogP) is 1.86. The van der Waals surface area contributed by atoms with Crippen LogP contribution in [0.25, 0.3) is 6.08 Å². The number of hydrogen-bond donors (Lipinski definition) is 1. The monoisotopic (exact) mass is 198 g/mol. The van der Waals surface area contributed by atoms with Crippen molar-refractivity contribution in [3.05, 3.63) is 24.0 Å². The minimum absolute atomic E-state index is 0.116. The van der Waals surface area contributed by atoms with Crippen LogP contribution in [0.5, 0.6) is 0 Å². The SMILES string of the molecule is CC(C)n1cncc1C=C(F)C(=O)O. The summed E-state index contributed by atoms with van der Waals surface area (Å²) in [6.45, 7) is 3.80. The predicted molar refractivity (Wildman–Crippen MR) is 49.3 cm³/mol. The molecule has 1 rings (SSSR count). The van der Waals surface area contributed by atoms with Crippen LogP contribution in [0.2, 0.25) is 0 Å². The van der Waals surface area contributed by atoms with E-state index in [2.05, 4.69) is 4.98 Å². The number of hydrogen-bond acceptors (Lipinski definition) is 2. The van der Waals surface area contributed by atoms with Gasteiger partial charge in [-0.05, 0) is 13.8 Å². The Morgan fingerprint density at radius 3 is 2.86 bits per heavy atom. The minimum Gasteiger partial charge on any atom is -0.476 e. The molecule has 1 aromatic rings. The molecule has 14 heavy (non-hydrogen) atoms. The van der Waals surface area contributed by atoms with Gasteiger partial charge in [0, 0.05) is 12.1 Å². The Kier molecular flexibility index (Phi) is 3.01. The normalized spacial score (nSPS) is 12.1. The van der Waals surface area contributed by atoms with Crippen LogP contribution >= 0.6 is 0 Å². The maximum Gasteiger partial charge on any atom is 0.364 e. The van der Waals surface area contributed by atoms with E-state index >= 15 is 0 Å². The Balaban J connectivity index is 3.02. The van der Waals surface area contributed by atoms with Crippen molar-refractivity contribution in [2.45, 2.75) is 19.9 Å². The number of rotatable bonds is 3. The molecule has 0 radical (unpaired) electrons. The Bertz CT molecular complexity index is 369. The fraction of sp³-hybridized carbons (Fsp3) is 0.333. The van der Waals surface area contributed by atoms with E-state index in [9.17, 15) is 9.18 Å². The third-order valence-corrected chi connectivity index (χ3v) is 1.73. The van der Waals surface area contributed by atoms with Gasteiger partial charge in [0.1, 0.15) is 0 Å². The standard InChI is InChI=1S/C9H11FN2O2/c1-6(2)12-5-11-4-7(12)3-8(10)9(13)14/h3-6H,1-2H3,(H,13,14). The van der Waals surface area contributed by atoms with Gasteiger partial charge in [0.25, 0.3) is 0 Å². The van der Waals surface area contributed by atoms with Gasteiger partial charge < -0.3 is 9.67 Å².